The van der Waals surface area contributed by atoms with Gasteiger partial charge < -0.3 is 0 Å². The van der Waals surface area contributed by atoms with Crippen molar-refractivity contribution in [3.63, 3.8) is 0 Å². The lowest BCUT2D eigenvalue weighted by Gasteiger charge is -2.27. The number of thiazole rings is 1. The number of aromatic nitrogens is 3. The van der Waals surface area contributed by atoms with Gasteiger partial charge in [0.05, 0.1) is 11.4 Å². The molecule has 3 rings (SSSR count). The molecule has 0 bridgehead atoms. The highest BCUT2D eigenvalue weighted by atomic mass is 32.1. The van der Waals surface area contributed by atoms with Gasteiger partial charge in [0.25, 0.3) is 0 Å². The first-order chi connectivity index (χ1) is 11.6. The topological polar surface area (TPSA) is 62.2 Å². The molecule has 0 atom stereocenters. The van der Waals surface area contributed by atoms with Crippen molar-refractivity contribution in [3.8, 4) is 0 Å². The molecule has 0 spiro atoms. The molecule has 1 aliphatic heterocycles. The monoisotopic (exact) mass is 345 g/mol. The molecule has 2 aromatic rings. The van der Waals surface area contributed by atoms with Gasteiger partial charge in [-0.3, -0.25) is 14.6 Å². The van der Waals surface area contributed by atoms with E-state index in [9.17, 15) is 4.79 Å². The molecule has 0 N–H and O–H groups in total. The number of fused-ring (bicyclic) bond motifs is 1. The number of rotatable bonds is 5. The number of carbonyl (C=O) groups is 1. The normalized spacial score (nSPS) is 14.5. The molecule has 0 radical (unpaired) electrons. The Hall–Kier alpha value is -1.86. The van der Waals surface area contributed by atoms with Crippen molar-refractivity contribution in [3.05, 3.63) is 34.4 Å². The third-order valence-electron chi connectivity index (χ3n) is 4.24. The molecule has 3 heterocycles. The molecule has 1 amide bonds. The molecule has 24 heavy (non-hydrogen) atoms. The maximum absolute atomic E-state index is 11.6. The van der Waals surface area contributed by atoms with E-state index >= 15 is 0 Å². The van der Waals surface area contributed by atoms with Gasteiger partial charge in [-0.05, 0) is 18.9 Å². The Morgan fingerprint density at radius 3 is 2.92 bits per heavy atom. The van der Waals surface area contributed by atoms with Gasteiger partial charge in [-0.1, -0.05) is 6.92 Å². The number of aryl methyl sites for hydroxylation is 1. The minimum Gasteiger partial charge on any atom is -0.291 e. The first kappa shape index (κ1) is 17.0. The molecule has 0 fully saturated rings. The minimum absolute atomic E-state index is 0.0362. The summed E-state index contributed by atoms with van der Waals surface area (Å²) in [6, 6.07) is 0. The van der Waals surface area contributed by atoms with E-state index in [4.69, 9.17) is 0 Å². The van der Waals surface area contributed by atoms with Crippen LogP contribution in [0.15, 0.2) is 11.6 Å². The van der Waals surface area contributed by atoms with Gasteiger partial charge in [0.1, 0.15) is 5.82 Å². The van der Waals surface area contributed by atoms with Crippen LogP contribution in [0.4, 0.5) is 5.13 Å². The quantitative estimate of drug-likeness (QED) is 0.833. The van der Waals surface area contributed by atoms with Gasteiger partial charge in [-0.25, -0.2) is 15.0 Å². The van der Waals surface area contributed by atoms with Crippen LogP contribution in [0.3, 0.4) is 0 Å². The van der Waals surface area contributed by atoms with E-state index < -0.39 is 0 Å². The lowest BCUT2D eigenvalue weighted by molar-refractivity contribution is -0.116. The number of nitrogens with zero attached hydrogens (tertiary/aromatic N) is 5. The van der Waals surface area contributed by atoms with Gasteiger partial charge in [0.15, 0.2) is 5.13 Å². The van der Waals surface area contributed by atoms with E-state index in [2.05, 4.69) is 26.8 Å². The van der Waals surface area contributed by atoms with Gasteiger partial charge in [0, 0.05) is 51.1 Å². The van der Waals surface area contributed by atoms with E-state index in [1.807, 2.05) is 18.5 Å². The van der Waals surface area contributed by atoms with Crippen LogP contribution in [-0.4, -0.2) is 38.8 Å². The summed E-state index contributed by atoms with van der Waals surface area (Å²) in [4.78, 5) is 29.4. The summed E-state index contributed by atoms with van der Waals surface area (Å²) >= 11 is 1.53. The summed E-state index contributed by atoms with van der Waals surface area (Å²) in [5, 5.41) is 2.83. The van der Waals surface area contributed by atoms with E-state index in [0.29, 0.717) is 6.54 Å². The minimum atomic E-state index is 0.0362. The number of carbonyl (C=O) groups excluding carboxylic acids is 1. The van der Waals surface area contributed by atoms with Crippen LogP contribution in [0, 0.1) is 0 Å². The molecule has 128 valence electrons. The maximum atomic E-state index is 11.6. The van der Waals surface area contributed by atoms with Gasteiger partial charge in [-0.15, -0.1) is 11.3 Å². The zero-order valence-electron chi connectivity index (χ0n) is 14.4. The van der Waals surface area contributed by atoms with Crippen LogP contribution in [0.25, 0.3) is 0 Å². The predicted octanol–water partition coefficient (Wildman–Crippen LogP) is 2.43. The molecule has 6 nitrogen and oxygen atoms in total. The van der Waals surface area contributed by atoms with Crippen molar-refractivity contribution >= 4 is 22.4 Å². The van der Waals surface area contributed by atoms with Gasteiger partial charge in [0.2, 0.25) is 5.91 Å². The summed E-state index contributed by atoms with van der Waals surface area (Å²) in [5.41, 5.74) is 3.42. The van der Waals surface area contributed by atoms with Crippen molar-refractivity contribution in [1.29, 1.82) is 0 Å². The first-order valence-corrected chi connectivity index (χ1v) is 9.27. The highest BCUT2D eigenvalue weighted by Gasteiger charge is 2.20. The second kappa shape index (κ2) is 7.36. The molecule has 0 unspecified atom stereocenters. The Balaban J connectivity index is 1.69. The van der Waals surface area contributed by atoms with E-state index in [1.165, 1.54) is 16.9 Å². The smallest absolute Gasteiger partial charge is 0.225 e. The molecular weight excluding hydrogens is 322 g/mol. The summed E-state index contributed by atoms with van der Waals surface area (Å²) in [7, 11) is 0. The third kappa shape index (κ3) is 3.62. The number of amides is 1. The number of anilines is 1. The van der Waals surface area contributed by atoms with Crippen LogP contribution >= 0.6 is 11.3 Å². The lowest BCUT2D eigenvalue weighted by atomic mass is 10.1. The second-order valence-electron chi connectivity index (χ2n) is 5.96. The summed E-state index contributed by atoms with van der Waals surface area (Å²) < 4.78 is 0. The van der Waals surface area contributed by atoms with E-state index in [0.717, 1.165) is 54.8 Å². The maximum Gasteiger partial charge on any atom is 0.225 e. The SMILES string of the molecule is CCc1ncc2c(n1)CN(Cc1csc(N(CC)C(C)=O)n1)CC2. The average Bonchev–Trinajstić information content (AvgIpc) is 3.02. The number of hydrogen-bond donors (Lipinski definition) is 0. The largest absolute Gasteiger partial charge is 0.291 e. The molecule has 0 saturated heterocycles. The number of hydrogen-bond acceptors (Lipinski definition) is 6. The summed E-state index contributed by atoms with van der Waals surface area (Å²) in [5.74, 6) is 0.945. The molecule has 0 saturated carbocycles. The molecule has 7 heteroatoms. The van der Waals surface area contributed by atoms with Crippen molar-refractivity contribution < 1.29 is 4.79 Å². The third-order valence-corrected chi connectivity index (χ3v) is 5.16. The van der Waals surface area contributed by atoms with Gasteiger partial charge in [-0.2, -0.15) is 0 Å². The van der Waals surface area contributed by atoms with E-state index in [-0.39, 0.29) is 5.91 Å². The summed E-state index contributed by atoms with van der Waals surface area (Å²) in [6.45, 7) is 8.88. The Morgan fingerprint density at radius 1 is 1.38 bits per heavy atom. The van der Waals surface area contributed by atoms with Crippen LogP contribution in [0.2, 0.25) is 0 Å². The van der Waals surface area contributed by atoms with Crippen LogP contribution in [-0.2, 0) is 30.7 Å². The van der Waals surface area contributed by atoms with Crippen molar-refractivity contribution in [2.75, 3.05) is 18.0 Å². The molecule has 0 aliphatic carbocycles. The van der Waals surface area contributed by atoms with Crippen LogP contribution in [0.1, 0.15) is 43.5 Å². The highest BCUT2D eigenvalue weighted by molar-refractivity contribution is 7.14. The molecule has 0 aromatic carbocycles. The van der Waals surface area contributed by atoms with Crippen LogP contribution in [0.5, 0.6) is 0 Å². The van der Waals surface area contributed by atoms with Gasteiger partial charge >= 0.3 is 0 Å². The fraction of sp³-hybridized carbons (Fsp3) is 0.529. The molecule has 2 aromatic heterocycles. The van der Waals surface area contributed by atoms with Crippen molar-refractivity contribution in [2.24, 2.45) is 0 Å². The second-order valence-corrected chi connectivity index (χ2v) is 6.79. The Bertz CT molecular complexity index is 730. The molecule has 1 aliphatic rings. The average molecular weight is 345 g/mol. The predicted molar refractivity (Wildman–Crippen MR) is 95.0 cm³/mol. The Kier molecular flexibility index (Phi) is 5.20. The fourth-order valence-corrected chi connectivity index (χ4v) is 3.84. The zero-order chi connectivity index (χ0) is 17.1. The first-order valence-electron chi connectivity index (χ1n) is 8.39. The Labute approximate surface area is 146 Å². The zero-order valence-corrected chi connectivity index (χ0v) is 15.3. The standard InChI is InChI=1S/C17H23N5OS/c1-4-16-18-8-13-6-7-21(10-15(13)20-16)9-14-11-24-17(19-14)22(5-2)12(3)23/h8,11H,4-7,9-10H2,1-3H3. The molecular formula is C17H23N5OS. The Morgan fingerprint density at radius 2 is 2.21 bits per heavy atom. The summed E-state index contributed by atoms with van der Waals surface area (Å²) in [6.07, 6.45) is 3.82. The highest BCUT2D eigenvalue weighted by Crippen LogP contribution is 2.23. The lowest BCUT2D eigenvalue weighted by Crippen LogP contribution is -2.31. The van der Waals surface area contributed by atoms with Crippen molar-refractivity contribution in [1.82, 2.24) is 19.9 Å². The van der Waals surface area contributed by atoms with E-state index in [1.54, 1.807) is 11.8 Å². The van der Waals surface area contributed by atoms with Crippen LogP contribution < -0.4 is 4.90 Å². The van der Waals surface area contributed by atoms with Crippen molar-refractivity contribution in [2.45, 2.75) is 46.7 Å². The fourth-order valence-electron chi connectivity index (χ4n) is 2.92.